The molecule has 2 N–H and O–H groups in total. The number of methoxy groups -OCH3 is 1. The Labute approximate surface area is 104 Å². The number of benzene rings is 1. The third-order valence-electron chi connectivity index (χ3n) is 2.81. The topological polar surface area (TPSA) is 65.4 Å². The summed E-state index contributed by atoms with van der Waals surface area (Å²) in [4.78, 5) is 0. The van der Waals surface area contributed by atoms with Gasteiger partial charge < -0.3 is 10.5 Å². The summed E-state index contributed by atoms with van der Waals surface area (Å²) in [6.45, 7) is 0. The van der Waals surface area contributed by atoms with Crippen LogP contribution in [0.15, 0.2) is 42.6 Å². The summed E-state index contributed by atoms with van der Waals surface area (Å²) in [5.41, 5.74) is 8.10. The summed E-state index contributed by atoms with van der Waals surface area (Å²) >= 11 is 0. The van der Waals surface area contributed by atoms with E-state index in [1.165, 1.54) is 0 Å². The van der Waals surface area contributed by atoms with Gasteiger partial charge in [0, 0.05) is 11.8 Å². The van der Waals surface area contributed by atoms with Crippen LogP contribution in [-0.4, -0.2) is 21.7 Å². The van der Waals surface area contributed by atoms with Crippen molar-refractivity contribution < 1.29 is 4.74 Å². The number of aromatic nitrogens is 3. The average Bonchev–Trinajstić information content (AvgIpc) is 2.84. The van der Waals surface area contributed by atoms with Gasteiger partial charge in [0.15, 0.2) is 11.5 Å². The van der Waals surface area contributed by atoms with Gasteiger partial charge in [0.05, 0.1) is 12.8 Å². The summed E-state index contributed by atoms with van der Waals surface area (Å²) in [6.07, 6.45) is 1.89. The molecule has 5 heteroatoms. The maximum Gasteiger partial charge on any atom is 0.184 e. The van der Waals surface area contributed by atoms with Gasteiger partial charge in [0.2, 0.25) is 0 Å². The molecule has 0 saturated heterocycles. The highest BCUT2D eigenvalue weighted by molar-refractivity contribution is 5.69. The van der Waals surface area contributed by atoms with Crippen molar-refractivity contribution >= 4 is 11.3 Å². The third kappa shape index (κ3) is 1.57. The van der Waals surface area contributed by atoms with Crippen LogP contribution >= 0.6 is 0 Å². The van der Waals surface area contributed by atoms with Crippen LogP contribution in [0, 0.1) is 0 Å². The van der Waals surface area contributed by atoms with Crippen LogP contribution in [0.25, 0.3) is 17.0 Å². The Morgan fingerprint density at radius 3 is 2.61 bits per heavy atom. The first kappa shape index (κ1) is 10.6. The Morgan fingerprint density at radius 1 is 1.11 bits per heavy atom. The molecule has 0 bridgehead atoms. The first-order chi connectivity index (χ1) is 8.79. The fraction of sp³-hybridized carbons (Fsp3) is 0.0769. The lowest BCUT2D eigenvalue weighted by molar-refractivity contribution is 0.415. The van der Waals surface area contributed by atoms with Crippen molar-refractivity contribution in [3.63, 3.8) is 0 Å². The lowest BCUT2D eigenvalue weighted by Crippen LogP contribution is -1.93. The highest BCUT2D eigenvalue weighted by Gasteiger charge is 2.09. The summed E-state index contributed by atoms with van der Waals surface area (Å²) < 4.78 is 7.00. The van der Waals surface area contributed by atoms with E-state index < -0.39 is 0 Å². The molecule has 0 aliphatic rings. The van der Waals surface area contributed by atoms with Crippen LogP contribution < -0.4 is 10.5 Å². The molecule has 5 nitrogen and oxygen atoms in total. The molecule has 2 aromatic heterocycles. The number of ether oxygens (including phenoxy) is 1. The van der Waals surface area contributed by atoms with Crippen molar-refractivity contribution in [1.82, 2.24) is 14.6 Å². The largest absolute Gasteiger partial charge is 0.497 e. The standard InChI is InChI=1S/C13H12N4O/c1-18-10-6-4-9(5-7-10)12-15-16-13-11(14)3-2-8-17(12)13/h2-8H,14H2,1H3. The van der Waals surface area contributed by atoms with Gasteiger partial charge in [-0.2, -0.15) is 0 Å². The SMILES string of the molecule is COc1ccc(-c2nnc3c(N)cccn23)cc1. The summed E-state index contributed by atoms with van der Waals surface area (Å²) in [5, 5.41) is 8.27. The van der Waals surface area contributed by atoms with E-state index in [4.69, 9.17) is 10.5 Å². The van der Waals surface area contributed by atoms with Crippen LogP contribution in [-0.2, 0) is 0 Å². The van der Waals surface area contributed by atoms with E-state index in [1.807, 2.05) is 47.0 Å². The predicted molar refractivity (Wildman–Crippen MR) is 69.4 cm³/mol. The molecule has 0 radical (unpaired) electrons. The molecule has 0 spiro atoms. The fourth-order valence-electron chi connectivity index (χ4n) is 1.87. The van der Waals surface area contributed by atoms with Gasteiger partial charge in [0.1, 0.15) is 5.75 Å². The number of nitrogens with two attached hydrogens (primary N) is 1. The minimum absolute atomic E-state index is 0.616. The van der Waals surface area contributed by atoms with Crippen molar-refractivity contribution in [2.45, 2.75) is 0 Å². The van der Waals surface area contributed by atoms with Crippen molar-refractivity contribution in [2.75, 3.05) is 12.8 Å². The van der Waals surface area contributed by atoms with Crippen molar-refractivity contribution in [1.29, 1.82) is 0 Å². The molecule has 0 aliphatic heterocycles. The van der Waals surface area contributed by atoms with Crippen molar-refractivity contribution in [2.24, 2.45) is 0 Å². The summed E-state index contributed by atoms with van der Waals surface area (Å²) in [6, 6.07) is 11.4. The Kier molecular flexibility index (Phi) is 2.37. The van der Waals surface area contributed by atoms with E-state index >= 15 is 0 Å². The number of fused-ring (bicyclic) bond motifs is 1. The Bertz CT molecular complexity index is 688. The highest BCUT2D eigenvalue weighted by Crippen LogP contribution is 2.22. The number of nitrogens with zero attached hydrogens (tertiary/aromatic N) is 3. The van der Waals surface area contributed by atoms with Gasteiger partial charge in [-0.1, -0.05) is 0 Å². The minimum atomic E-state index is 0.616. The molecule has 0 amide bonds. The molecule has 0 atom stereocenters. The smallest absolute Gasteiger partial charge is 0.184 e. The monoisotopic (exact) mass is 240 g/mol. The minimum Gasteiger partial charge on any atom is -0.497 e. The highest BCUT2D eigenvalue weighted by atomic mass is 16.5. The van der Waals surface area contributed by atoms with Gasteiger partial charge in [0.25, 0.3) is 0 Å². The zero-order valence-electron chi connectivity index (χ0n) is 9.87. The van der Waals surface area contributed by atoms with E-state index in [0.29, 0.717) is 11.3 Å². The molecule has 0 unspecified atom stereocenters. The van der Waals surface area contributed by atoms with Gasteiger partial charge >= 0.3 is 0 Å². The lowest BCUT2D eigenvalue weighted by atomic mass is 10.2. The first-order valence-corrected chi connectivity index (χ1v) is 5.53. The molecule has 0 saturated carbocycles. The number of anilines is 1. The molecule has 0 fully saturated rings. The zero-order chi connectivity index (χ0) is 12.5. The second-order valence-corrected chi connectivity index (χ2v) is 3.91. The lowest BCUT2D eigenvalue weighted by Gasteiger charge is -2.02. The number of rotatable bonds is 2. The van der Waals surface area contributed by atoms with Gasteiger partial charge in [-0.15, -0.1) is 10.2 Å². The Balaban J connectivity index is 2.16. The van der Waals surface area contributed by atoms with Crippen molar-refractivity contribution in [3.8, 4) is 17.1 Å². The number of nitrogen functional groups attached to an aromatic ring is 1. The summed E-state index contributed by atoms with van der Waals surface area (Å²) in [5.74, 6) is 1.58. The third-order valence-corrected chi connectivity index (χ3v) is 2.81. The maximum atomic E-state index is 5.85. The molecular formula is C13H12N4O. The van der Waals surface area contributed by atoms with E-state index in [-0.39, 0.29) is 0 Å². The van der Waals surface area contributed by atoms with Crippen LogP contribution in [0.5, 0.6) is 5.75 Å². The molecule has 1 aromatic carbocycles. The molecular weight excluding hydrogens is 228 g/mol. The second kappa shape index (κ2) is 4.03. The van der Waals surface area contributed by atoms with Crippen LogP contribution in [0.3, 0.4) is 0 Å². The molecule has 2 heterocycles. The van der Waals surface area contributed by atoms with E-state index in [1.54, 1.807) is 7.11 Å². The molecule has 18 heavy (non-hydrogen) atoms. The average molecular weight is 240 g/mol. The molecule has 3 aromatic rings. The number of hydrogen-bond acceptors (Lipinski definition) is 4. The van der Waals surface area contributed by atoms with Gasteiger partial charge in [-0.3, -0.25) is 4.40 Å². The molecule has 0 aliphatic carbocycles. The number of hydrogen-bond donors (Lipinski definition) is 1. The maximum absolute atomic E-state index is 5.85. The quantitative estimate of drug-likeness (QED) is 0.744. The summed E-state index contributed by atoms with van der Waals surface area (Å²) in [7, 11) is 1.64. The van der Waals surface area contributed by atoms with Gasteiger partial charge in [-0.05, 0) is 36.4 Å². The Morgan fingerprint density at radius 2 is 1.89 bits per heavy atom. The van der Waals surface area contributed by atoms with E-state index in [0.717, 1.165) is 17.1 Å². The number of pyridine rings is 1. The van der Waals surface area contributed by atoms with Crippen molar-refractivity contribution in [3.05, 3.63) is 42.6 Å². The van der Waals surface area contributed by atoms with Gasteiger partial charge in [-0.25, -0.2) is 0 Å². The van der Waals surface area contributed by atoms with Crippen LogP contribution in [0.4, 0.5) is 5.69 Å². The second-order valence-electron chi connectivity index (χ2n) is 3.91. The van der Waals surface area contributed by atoms with Crippen LogP contribution in [0.1, 0.15) is 0 Å². The predicted octanol–water partition coefficient (Wildman–Crippen LogP) is 1.99. The van der Waals surface area contributed by atoms with E-state index in [2.05, 4.69) is 10.2 Å². The van der Waals surface area contributed by atoms with E-state index in [9.17, 15) is 0 Å². The Hall–Kier alpha value is -2.56. The van der Waals surface area contributed by atoms with Crippen LogP contribution in [0.2, 0.25) is 0 Å². The first-order valence-electron chi connectivity index (χ1n) is 5.53. The molecule has 90 valence electrons. The fourth-order valence-corrected chi connectivity index (χ4v) is 1.87. The molecule has 3 rings (SSSR count). The zero-order valence-corrected chi connectivity index (χ0v) is 9.87. The normalized spacial score (nSPS) is 10.7.